The summed E-state index contributed by atoms with van der Waals surface area (Å²) in [5.41, 5.74) is 3.71. The van der Waals surface area contributed by atoms with Gasteiger partial charge >= 0.3 is 11.9 Å². The zero-order valence-corrected chi connectivity index (χ0v) is 29.1. The maximum absolute atomic E-state index is 13.5. The van der Waals surface area contributed by atoms with Crippen molar-refractivity contribution in [1.82, 2.24) is 30.4 Å². The van der Waals surface area contributed by atoms with E-state index < -0.39 is 17.9 Å². The molecule has 0 spiro atoms. The Balaban J connectivity index is 1.11. The number of Topliss-reactive ketones (excluding diaryl/α,β-unsaturated/α-hetero) is 2. The average Bonchev–Trinajstić information content (AvgIpc) is 3.90. The molecule has 0 radical (unpaired) electrons. The van der Waals surface area contributed by atoms with Crippen LogP contribution in [0.15, 0.2) is 127 Å². The van der Waals surface area contributed by atoms with Gasteiger partial charge in [0.05, 0.1) is 17.0 Å². The molecule has 2 N–H and O–H groups in total. The van der Waals surface area contributed by atoms with E-state index in [1.807, 2.05) is 60.7 Å². The Morgan fingerprint density at radius 3 is 1.54 bits per heavy atom. The molecule has 0 fully saturated rings. The van der Waals surface area contributed by atoms with Gasteiger partial charge < -0.3 is 9.47 Å². The molecule has 12 nitrogen and oxygen atoms in total. The van der Waals surface area contributed by atoms with Crippen LogP contribution in [0.4, 0.5) is 0 Å². The maximum Gasteiger partial charge on any atom is 0.343 e. The second-order valence-corrected chi connectivity index (χ2v) is 12.4. The Kier molecular flexibility index (Phi) is 10.1. The Morgan fingerprint density at radius 2 is 1.04 bits per heavy atom. The molecule has 7 aromatic rings. The van der Waals surface area contributed by atoms with E-state index in [1.54, 1.807) is 48.5 Å². The Hall–Kier alpha value is -7.34. The van der Waals surface area contributed by atoms with Gasteiger partial charge in [0.25, 0.3) is 0 Å². The molecule has 266 valence electrons. The fourth-order valence-corrected chi connectivity index (χ4v) is 5.80. The number of carbonyl (C=O) groups is 4. The molecule has 0 atom stereocenters. The van der Waals surface area contributed by atoms with Crippen LogP contribution in [0, 0.1) is 5.92 Å². The van der Waals surface area contributed by atoms with E-state index in [1.165, 1.54) is 32.0 Å². The number of aromatic nitrogens is 6. The van der Waals surface area contributed by atoms with Crippen molar-refractivity contribution in [2.75, 3.05) is 0 Å². The van der Waals surface area contributed by atoms with Gasteiger partial charge in [-0.05, 0) is 68.3 Å². The number of ether oxygens (including phenoxy) is 2. The normalized spacial score (nSPS) is 10.9. The molecule has 5 aromatic carbocycles. The second-order valence-electron chi connectivity index (χ2n) is 12.4. The summed E-state index contributed by atoms with van der Waals surface area (Å²) in [6, 6.07) is 36.8. The van der Waals surface area contributed by atoms with Gasteiger partial charge in [-0.3, -0.25) is 19.8 Å². The van der Waals surface area contributed by atoms with Crippen LogP contribution in [0.25, 0.3) is 45.6 Å². The first kappa shape index (κ1) is 35.1. The predicted molar refractivity (Wildman–Crippen MR) is 199 cm³/mol. The van der Waals surface area contributed by atoms with Crippen molar-refractivity contribution < 1.29 is 28.7 Å². The van der Waals surface area contributed by atoms with Crippen LogP contribution in [0.2, 0.25) is 0 Å². The molecular weight excluding hydrogens is 684 g/mol. The number of carbonyl (C=O) groups excluding carboxylic acids is 4. The monoisotopic (exact) mass is 716 g/mol. The van der Waals surface area contributed by atoms with Crippen molar-refractivity contribution in [2.45, 2.75) is 20.3 Å². The van der Waals surface area contributed by atoms with E-state index in [9.17, 15) is 19.2 Å². The third kappa shape index (κ3) is 7.92. The van der Waals surface area contributed by atoms with E-state index in [-0.39, 0.29) is 40.6 Å². The lowest BCUT2D eigenvalue weighted by molar-refractivity contribution is -0.130. The largest absolute Gasteiger partial charge is 0.423 e. The van der Waals surface area contributed by atoms with Crippen molar-refractivity contribution in [3.63, 3.8) is 0 Å². The van der Waals surface area contributed by atoms with E-state index in [0.717, 1.165) is 11.1 Å². The first-order chi connectivity index (χ1) is 26.2. The maximum atomic E-state index is 13.5. The number of H-pyrrole nitrogens is 2. The first-order valence-corrected chi connectivity index (χ1v) is 17.0. The number of rotatable bonds is 12. The van der Waals surface area contributed by atoms with Crippen molar-refractivity contribution in [3.05, 3.63) is 144 Å². The highest BCUT2D eigenvalue weighted by Crippen LogP contribution is 2.30. The highest BCUT2D eigenvalue weighted by Gasteiger charge is 2.24. The zero-order valence-electron chi connectivity index (χ0n) is 29.1. The molecule has 0 unspecified atom stereocenters. The van der Waals surface area contributed by atoms with Crippen molar-refractivity contribution in [3.8, 4) is 57.1 Å². The van der Waals surface area contributed by atoms with E-state index in [0.29, 0.717) is 40.0 Å². The third-order valence-corrected chi connectivity index (χ3v) is 8.63. The number of benzene rings is 5. The minimum atomic E-state index is -0.999. The highest BCUT2D eigenvalue weighted by atomic mass is 16.5. The highest BCUT2D eigenvalue weighted by molar-refractivity contribution is 6.00. The molecular formula is C42H32N6O6. The predicted octanol–water partition coefficient (Wildman–Crippen LogP) is 7.37. The van der Waals surface area contributed by atoms with E-state index >= 15 is 0 Å². The van der Waals surface area contributed by atoms with Crippen LogP contribution in [0.3, 0.4) is 0 Å². The van der Waals surface area contributed by atoms with Crippen molar-refractivity contribution in [2.24, 2.45) is 5.92 Å². The molecule has 0 aliphatic heterocycles. The van der Waals surface area contributed by atoms with Gasteiger partial charge in [-0.2, -0.15) is 10.2 Å². The standard InChI is InChI=1S/C42H32N6O6/c1-25(49)35(26(2)50)24-33-23-34(53-41(51)31-17-9-15-29(21-31)39-43-37(45-47-39)27-11-5-3-6-12-27)19-20-36(33)54-42(52)32-18-10-16-30(22-32)40-44-38(46-48-40)28-13-7-4-8-14-28/h3-23,35H,24H2,1-2H3,(H,43,45,47)(H,44,46,48). The van der Waals surface area contributed by atoms with Gasteiger partial charge in [0.1, 0.15) is 23.1 Å². The Labute approximate surface area is 309 Å². The minimum Gasteiger partial charge on any atom is -0.423 e. The SMILES string of the molecule is CC(=O)C(Cc1cc(OC(=O)c2cccc(-c3nc(-c4ccccc4)n[nH]3)c2)ccc1OC(=O)c1cccc(-c2nc(-c3ccccc3)n[nH]2)c1)C(C)=O. The van der Waals surface area contributed by atoms with Crippen molar-refractivity contribution >= 4 is 23.5 Å². The molecule has 2 heterocycles. The lowest BCUT2D eigenvalue weighted by atomic mass is 9.92. The topological polar surface area (TPSA) is 170 Å². The molecule has 7 rings (SSSR count). The quantitative estimate of drug-likeness (QED) is 0.0740. The number of hydrogen-bond acceptors (Lipinski definition) is 10. The fraction of sp³-hybridized carbons (Fsp3) is 0.0952. The Morgan fingerprint density at radius 1 is 0.556 bits per heavy atom. The summed E-state index contributed by atoms with van der Waals surface area (Å²) in [7, 11) is 0. The molecule has 0 aliphatic carbocycles. The van der Waals surface area contributed by atoms with Gasteiger partial charge in [0, 0.05) is 22.3 Å². The minimum absolute atomic E-state index is 0.0796. The van der Waals surface area contributed by atoms with E-state index in [2.05, 4.69) is 30.4 Å². The molecule has 0 bridgehead atoms. The molecule has 0 saturated carbocycles. The molecule has 0 aliphatic rings. The van der Waals surface area contributed by atoms with E-state index in [4.69, 9.17) is 9.47 Å². The summed E-state index contributed by atoms with van der Waals surface area (Å²) < 4.78 is 11.6. The number of ketones is 2. The van der Waals surface area contributed by atoms with Gasteiger partial charge in [0.2, 0.25) is 0 Å². The van der Waals surface area contributed by atoms with Crippen LogP contribution >= 0.6 is 0 Å². The molecule has 54 heavy (non-hydrogen) atoms. The molecule has 12 heteroatoms. The van der Waals surface area contributed by atoms with Crippen LogP contribution in [0.1, 0.15) is 40.1 Å². The second kappa shape index (κ2) is 15.5. The summed E-state index contributed by atoms with van der Waals surface area (Å²) in [5.74, 6) is -0.865. The number of aromatic amines is 2. The van der Waals surface area contributed by atoms with Crippen LogP contribution < -0.4 is 9.47 Å². The first-order valence-electron chi connectivity index (χ1n) is 17.0. The van der Waals surface area contributed by atoms with Crippen molar-refractivity contribution in [1.29, 1.82) is 0 Å². The molecule has 0 saturated heterocycles. The van der Waals surface area contributed by atoms with Gasteiger partial charge in [-0.15, -0.1) is 0 Å². The zero-order chi connectivity index (χ0) is 37.6. The molecule has 0 amide bonds. The summed E-state index contributed by atoms with van der Waals surface area (Å²) in [6.07, 6.45) is -0.0796. The molecule has 2 aromatic heterocycles. The van der Waals surface area contributed by atoms with Crippen LogP contribution in [0.5, 0.6) is 11.5 Å². The summed E-state index contributed by atoms with van der Waals surface area (Å²) in [4.78, 5) is 60.9. The number of nitrogens with zero attached hydrogens (tertiary/aromatic N) is 4. The van der Waals surface area contributed by atoms with Crippen LogP contribution in [-0.2, 0) is 16.0 Å². The lowest BCUT2D eigenvalue weighted by Gasteiger charge is -2.16. The summed E-state index contributed by atoms with van der Waals surface area (Å²) in [6.45, 7) is 2.65. The third-order valence-electron chi connectivity index (χ3n) is 8.63. The Bertz CT molecular complexity index is 2480. The summed E-state index contributed by atoms with van der Waals surface area (Å²) in [5, 5.41) is 14.4. The number of esters is 2. The smallest absolute Gasteiger partial charge is 0.343 e. The number of hydrogen-bond donors (Lipinski definition) is 2. The summed E-state index contributed by atoms with van der Waals surface area (Å²) >= 11 is 0. The van der Waals surface area contributed by atoms with Gasteiger partial charge in [-0.25, -0.2) is 19.6 Å². The van der Waals surface area contributed by atoms with Gasteiger partial charge in [-0.1, -0.05) is 84.9 Å². The average molecular weight is 717 g/mol. The fourth-order valence-electron chi connectivity index (χ4n) is 5.80. The van der Waals surface area contributed by atoms with Gasteiger partial charge in [0.15, 0.2) is 23.3 Å². The lowest BCUT2D eigenvalue weighted by Crippen LogP contribution is -2.22. The number of nitrogens with one attached hydrogen (secondary N) is 2. The van der Waals surface area contributed by atoms with Crippen LogP contribution in [-0.4, -0.2) is 53.9 Å².